The van der Waals surface area contributed by atoms with Gasteiger partial charge in [0.15, 0.2) is 0 Å². The van der Waals surface area contributed by atoms with Gasteiger partial charge in [0.05, 0.1) is 5.75 Å². The fraction of sp³-hybridized carbons (Fsp3) is 0.591. The maximum Gasteiger partial charge on any atom is 0.450 e. The second-order valence-electron chi connectivity index (χ2n) is 7.86. The van der Waals surface area contributed by atoms with E-state index in [0.717, 1.165) is 31.3 Å². The highest BCUT2D eigenvalue weighted by molar-refractivity contribution is 7.99. The van der Waals surface area contributed by atoms with Crippen molar-refractivity contribution in [2.75, 3.05) is 37.7 Å². The summed E-state index contributed by atoms with van der Waals surface area (Å²) >= 11 is 0.873. The van der Waals surface area contributed by atoms with Gasteiger partial charge in [-0.3, -0.25) is 14.4 Å². The summed E-state index contributed by atoms with van der Waals surface area (Å²) in [5.74, 6) is -2.29. The Morgan fingerprint density at radius 3 is 2.59 bits per heavy atom. The van der Waals surface area contributed by atoms with E-state index in [9.17, 15) is 27.6 Å². The molecule has 0 spiro atoms. The van der Waals surface area contributed by atoms with Crippen LogP contribution in [0.4, 0.5) is 13.2 Å². The van der Waals surface area contributed by atoms with Crippen molar-refractivity contribution in [3.8, 4) is 0 Å². The largest absolute Gasteiger partial charge is 0.450 e. The predicted octanol–water partition coefficient (Wildman–Crippen LogP) is 2.74. The van der Waals surface area contributed by atoms with E-state index in [-0.39, 0.29) is 11.8 Å². The number of benzene rings is 1. The van der Waals surface area contributed by atoms with Crippen LogP contribution in [0.2, 0.25) is 0 Å². The summed E-state index contributed by atoms with van der Waals surface area (Å²) in [5, 5.41) is 5.43. The van der Waals surface area contributed by atoms with E-state index in [0.29, 0.717) is 37.6 Å². The molecule has 0 saturated carbocycles. The molecule has 1 fully saturated rings. The van der Waals surface area contributed by atoms with Crippen molar-refractivity contribution in [3.63, 3.8) is 0 Å². The van der Waals surface area contributed by atoms with Crippen molar-refractivity contribution >= 4 is 29.4 Å². The average molecular weight is 474 g/mol. The Labute approximate surface area is 190 Å². The summed E-state index contributed by atoms with van der Waals surface area (Å²) in [5.41, 5.74) is 1.32. The highest BCUT2D eigenvalue weighted by atomic mass is 32.2. The van der Waals surface area contributed by atoms with Gasteiger partial charge in [0.1, 0.15) is 6.04 Å². The Morgan fingerprint density at radius 1 is 1.22 bits per heavy atom. The number of amides is 2. The zero-order chi connectivity index (χ0) is 23.6. The standard InChI is InChI=1S/C22H30F3N3O3S/c1-16(29)27-19(8-5-13-32-15-20(30)22(23,24)25)21(31)26-10-12-28-11-9-18(14-28)17-6-3-2-4-7-17/h2-4,6-7,18-19H,5,8-15H2,1H3,(H,26,31)(H,27,29)/t18?,19-/m0/s1. The SMILES string of the molecule is CC(=O)N[C@@H](CCCSCC(=O)C(F)(F)F)C(=O)NCCN1CCC(c2ccccc2)C1. The number of Topliss-reactive ketones (excluding diaryl/α,β-unsaturated/α-hetero) is 1. The molecule has 1 aliphatic heterocycles. The molecule has 1 saturated heterocycles. The van der Waals surface area contributed by atoms with Gasteiger partial charge in [-0.2, -0.15) is 24.9 Å². The van der Waals surface area contributed by atoms with E-state index in [1.54, 1.807) is 0 Å². The summed E-state index contributed by atoms with van der Waals surface area (Å²) in [6, 6.07) is 9.58. The zero-order valence-electron chi connectivity index (χ0n) is 18.1. The van der Waals surface area contributed by atoms with Crippen LogP contribution < -0.4 is 10.6 Å². The Hall–Kier alpha value is -2.07. The van der Waals surface area contributed by atoms with Gasteiger partial charge in [-0.15, -0.1) is 0 Å². The second-order valence-corrected chi connectivity index (χ2v) is 8.96. The quantitative estimate of drug-likeness (QED) is 0.457. The van der Waals surface area contributed by atoms with Crippen LogP contribution in [-0.4, -0.2) is 72.4 Å². The number of hydrogen-bond donors (Lipinski definition) is 2. The molecule has 1 heterocycles. The Bertz CT molecular complexity index is 762. The molecule has 0 aromatic heterocycles. The topological polar surface area (TPSA) is 78.5 Å². The van der Waals surface area contributed by atoms with Crippen LogP contribution >= 0.6 is 11.8 Å². The van der Waals surface area contributed by atoms with Gasteiger partial charge < -0.3 is 15.5 Å². The third-order valence-corrected chi connectivity index (χ3v) is 6.34. The lowest BCUT2D eigenvalue weighted by molar-refractivity contribution is -0.167. The van der Waals surface area contributed by atoms with Gasteiger partial charge in [-0.25, -0.2) is 0 Å². The minimum absolute atomic E-state index is 0.290. The van der Waals surface area contributed by atoms with Crippen molar-refractivity contribution in [3.05, 3.63) is 35.9 Å². The number of thioether (sulfide) groups is 1. The summed E-state index contributed by atoms with van der Waals surface area (Å²) in [4.78, 5) is 37.1. The van der Waals surface area contributed by atoms with Gasteiger partial charge in [0.2, 0.25) is 17.6 Å². The molecule has 2 rings (SSSR count). The lowest BCUT2D eigenvalue weighted by Crippen LogP contribution is -2.47. The highest BCUT2D eigenvalue weighted by Gasteiger charge is 2.37. The van der Waals surface area contributed by atoms with Gasteiger partial charge in [0, 0.05) is 26.6 Å². The molecule has 2 atom stereocenters. The third kappa shape index (κ3) is 9.20. The molecule has 6 nitrogen and oxygen atoms in total. The molecule has 2 N–H and O–H groups in total. The lowest BCUT2D eigenvalue weighted by atomic mass is 9.99. The first-order valence-corrected chi connectivity index (χ1v) is 11.8. The molecule has 0 bridgehead atoms. The van der Waals surface area contributed by atoms with Crippen LogP contribution in [0.3, 0.4) is 0 Å². The molecule has 1 aromatic rings. The third-order valence-electron chi connectivity index (χ3n) is 5.30. The number of halogens is 3. The maximum absolute atomic E-state index is 12.5. The van der Waals surface area contributed by atoms with Crippen molar-refractivity contribution in [2.45, 2.75) is 44.3 Å². The van der Waals surface area contributed by atoms with Crippen LogP contribution in [0.1, 0.15) is 37.7 Å². The van der Waals surface area contributed by atoms with E-state index < -0.39 is 23.8 Å². The van der Waals surface area contributed by atoms with Crippen molar-refractivity contribution in [2.24, 2.45) is 0 Å². The minimum atomic E-state index is -4.82. The summed E-state index contributed by atoms with van der Waals surface area (Å²) in [7, 11) is 0. The molecule has 10 heteroatoms. The number of alkyl halides is 3. The molecular formula is C22H30F3N3O3S. The van der Waals surface area contributed by atoms with Crippen LogP contribution in [0, 0.1) is 0 Å². The van der Waals surface area contributed by atoms with Crippen LogP contribution in [0.15, 0.2) is 30.3 Å². The van der Waals surface area contributed by atoms with E-state index in [4.69, 9.17) is 0 Å². The molecule has 2 amide bonds. The molecular weight excluding hydrogens is 443 g/mol. The first kappa shape index (κ1) is 26.2. The van der Waals surface area contributed by atoms with Gasteiger partial charge in [-0.1, -0.05) is 30.3 Å². The van der Waals surface area contributed by atoms with Crippen LogP contribution in [-0.2, 0) is 14.4 Å². The summed E-state index contributed by atoms with van der Waals surface area (Å²) < 4.78 is 36.6. The summed E-state index contributed by atoms with van der Waals surface area (Å²) in [6.45, 7) is 4.36. The number of likely N-dealkylation sites (tertiary alicyclic amines) is 1. The summed E-state index contributed by atoms with van der Waals surface area (Å²) in [6.07, 6.45) is -3.06. The zero-order valence-corrected chi connectivity index (χ0v) is 18.9. The number of nitrogens with one attached hydrogen (secondary N) is 2. The Morgan fingerprint density at radius 2 is 1.94 bits per heavy atom. The molecule has 1 aliphatic rings. The van der Waals surface area contributed by atoms with E-state index in [1.165, 1.54) is 12.5 Å². The number of rotatable bonds is 12. The van der Waals surface area contributed by atoms with E-state index >= 15 is 0 Å². The monoisotopic (exact) mass is 473 g/mol. The first-order chi connectivity index (χ1) is 15.2. The maximum atomic E-state index is 12.5. The number of ketones is 1. The average Bonchev–Trinajstić information content (AvgIpc) is 3.21. The van der Waals surface area contributed by atoms with Gasteiger partial charge in [-0.05, 0) is 43.0 Å². The van der Waals surface area contributed by atoms with Gasteiger partial charge in [0.25, 0.3) is 0 Å². The van der Waals surface area contributed by atoms with Gasteiger partial charge >= 0.3 is 6.18 Å². The normalized spacial score (nSPS) is 17.7. The molecule has 0 aliphatic carbocycles. The smallest absolute Gasteiger partial charge is 0.353 e. The van der Waals surface area contributed by atoms with Crippen LogP contribution in [0.25, 0.3) is 0 Å². The van der Waals surface area contributed by atoms with Crippen molar-refractivity contribution in [1.82, 2.24) is 15.5 Å². The fourth-order valence-corrected chi connectivity index (χ4v) is 4.51. The Kier molecular flexibility index (Phi) is 10.5. The minimum Gasteiger partial charge on any atom is -0.353 e. The predicted molar refractivity (Wildman–Crippen MR) is 118 cm³/mol. The first-order valence-electron chi connectivity index (χ1n) is 10.7. The highest BCUT2D eigenvalue weighted by Crippen LogP contribution is 2.26. The molecule has 1 aromatic carbocycles. The van der Waals surface area contributed by atoms with Crippen molar-refractivity contribution < 1.29 is 27.6 Å². The fourth-order valence-electron chi connectivity index (χ4n) is 3.64. The molecule has 32 heavy (non-hydrogen) atoms. The van der Waals surface area contributed by atoms with Crippen LogP contribution in [0.5, 0.6) is 0 Å². The van der Waals surface area contributed by atoms with E-state index in [1.807, 2.05) is 18.2 Å². The lowest BCUT2D eigenvalue weighted by Gasteiger charge is -2.20. The van der Waals surface area contributed by atoms with E-state index in [2.05, 4.69) is 27.7 Å². The molecule has 1 unspecified atom stereocenters. The molecule has 0 radical (unpaired) electrons. The van der Waals surface area contributed by atoms with Crippen molar-refractivity contribution in [1.29, 1.82) is 0 Å². The molecule has 178 valence electrons. The second kappa shape index (κ2) is 12.8. The number of nitrogens with zero attached hydrogens (tertiary/aromatic N) is 1. The number of carbonyl (C=O) groups excluding carboxylic acids is 3. The Balaban J connectivity index is 1.68. The number of hydrogen-bond acceptors (Lipinski definition) is 5. The number of carbonyl (C=O) groups is 3.